The summed E-state index contributed by atoms with van der Waals surface area (Å²) in [6, 6.07) is 0. The van der Waals surface area contributed by atoms with E-state index in [0.29, 0.717) is 19.0 Å². The molecule has 0 aromatic carbocycles. The maximum absolute atomic E-state index is 11.9. The Bertz CT molecular complexity index is 189. The highest BCUT2D eigenvalue weighted by Gasteiger charge is 2.30. The SMILES string of the molecule is CCN(CCO)C(=O)C(C)C1CNC1. The minimum Gasteiger partial charge on any atom is -0.395 e. The lowest BCUT2D eigenvalue weighted by atomic mass is 9.88. The van der Waals surface area contributed by atoms with Gasteiger partial charge in [0.2, 0.25) is 5.91 Å². The van der Waals surface area contributed by atoms with Crippen molar-refractivity contribution >= 4 is 5.91 Å². The van der Waals surface area contributed by atoms with E-state index in [1.165, 1.54) is 0 Å². The van der Waals surface area contributed by atoms with Gasteiger partial charge in [0, 0.05) is 19.0 Å². The molecule has 0 aromatic rings. The molecule has 82 valence electrons. The lowest BCUT2D eigenvalue weighted by Crippen LogP contribution is -2.50. The molecule has 2 N–H and O–H groups in total. The second kappa shape index (κ2) is 5.32. The lowest BCUT2D eigenvalue weighted by molar-refractivity contribution is -0.137. The average Bonchev–Trinajstić information content (AvgIpc) is 2.10. The summed E-state index contributed by atoms with van der Waals surface area (Å²) in [7, 11) is 0. The van der Waals surface area contributed by atoms with Crippen LogP contribution in [0.1, 0.15) is 13.8 Å². The van der Waals surface area contributed by atoms with Gasteiger partial charge in [0.15, 0.2) is 0 Å². The van der Waals surface area contributed by atoms with E-state index in [1.807, 2.05) is 13.8 Å². The van der Waals surface area contributed by atoms with Gasteiger partial charge in [0.05, 0.1) is 6.61 Å². The van der Waals surface area contributed by atoms with Gasteiger partial charge in [-0.1, -0.05) is 6.92 Å². The highest BCUT2D eigenvalue weighted by molar-refractivity contribution is 5.79. The summed E-state index contributed by atoms with van der Waals surface area (Å²) < 4.78 is 0. The Balaban J connectivity index is 2.43. The van der Waals surface area contributed by atoms with Crippen LogP contribution in [-0.2, 0) is 4.79 Å². The minimum atomic E-state index is 0.0508. The molecule has 1 fully saturated rings. The number of nitrogens with zero attached hydrogens (tertiary/aromatic N) is 1. The maximum atomic E-state index is 11.9. The van der Waals surface area contributed by atoms with Crippen LogP contribution in [0.5, 0.6) is 0 Å². The summed E-state index contributed by atoms with van der Waals surface area (Å²) in [6.07, 6.45) is 0. The molecule has 1 unspecified atom stereocenters. The number of nitrogens with one attached hydrogen (secondary N) is 1. The molecule has 1 amide bonds. The molecule has 0 spiro atoms. The van der Waals surface area contributed by atoms with Crippen molar-refractivity contribution in [3.63, 3.8) is 0 Å². The van der Waals surface area contributed by atoms with Crippen LogP contribution >= 0.6 is 0 Å². The van der Waals surface area contributed by atoms with Crippen molar-refractivity contribution < 1.29 is 9.90 Å². The highest BCUT2D eigenvalue weighted by Crippen LogP contribution is 2.18. The average molecular weight is 200 g/mol. The molecule has 0 aromatic heterocycles. The van der Waals surface area contributed by atoms with E-state index in [0.717, 1.165) is 13.1 Å². The van der Waals surface area contributed by atoms with Crippen molar-refractivity contribution in [3.05, 3.63) is 0 Å². The lowest BCUT2D eigenvalue weighted by Gasteiger charge is -2.34. The van der Waals surface area contributed by atoms with E-state index >= 15 is 0 Å². The number of hydrogen-bond donors (Lipinski definition) is 2. The highest BCUT2D eigenvalue weighted by atomic mass is 16.3. The maximum Gasteiger partial charge on any atom is 0.225 e. The zero-order valence-electron chi connectivity index (χ0n) is 8.99. The topological polar surface area (TPSA) is 52.6 Å². The van der Waals surface area contributed by atoms with Crippen LogP contribution in [-0.4, -0.2) is 48.7 Å². The summed E-state index contributed by atoms with van der Waals surface area (Å²) in [5.74, 6) is 0.742. The van der Waals surface area contributed by atoms with Gasteiger partial charge in [-0.15, -0.1) is 0 Å². The third-order valence-corrected chi connectivity index (χ3v) is 2.97. The third-order valence-electron chi connectivity index (χ3n) is 2.97. The molecule has 1 saturated heterocycles. The monoisotopic (exact) mass is 200 g/mol. The Kier molecular flexibility index (Phi) is 4.35. The van der Waals surface area contributed by atoms with E-state index in [4.69, 9.17) is 5.11 Å². The number of carbonyl (C=O) groups excluding carboxylic acids is 1. The largest absolute Gasteiger partial charge is 0.395 e. The van der Waals surface area contributed by atoms with Crippen LogP contribution in [0.15, 0.2) is 0 Å². The fraction of sp³-hybridized carbons (Fsp3) is 0.900. The van der Waals surface area contributed by atoms with Gasteiger partial charge in [-0.2, -0.15) is 0 Å². The van der Waals surface area contributed by atoms with Crippen molar-refractivity contribution in [2.45, 2.75) is 13.8 Å². The molecule has 1 atom stereocenters. The predicted octanol–water partition coefficient (Wildman–Crippen LogP) is -0.317. The quantitative estimate of drug-likeness (QED) is 0.639. The van der Waals surface area contributed by atoms with Gasteiger partial charge >= 0.3 is 0 Å². The molecule has 0 aliphatic carbocycles. The molecule has 4 nitrogen and oxygen atoms in total. The predicted molar refractivity (Wildman–Crippen MR) is 54.9 cm³/mol. The van der Waals surface area contributed by atoms with Crippen LogP contribution in [0, 0.1) is 11.8 Å². The smallest absolute Gasteiger partial charge is 0.225 e. The molecule has 0 bridgehead atoms. The summed E-state index contributed by atoms with van der Waals surface area (Å²) in [6.45, 7) is 7.01. The molecule has 1 rings (SSSR count). The fourth-order valence-corrected chi connectivity index (χ4v) is 1.70. The van der Waals surface area contributed by atoms with Crippen LogP contribution in [0.4, 0.5) is 0 Å². The Labute approximate surface area is 85.3 Å². The van der Waals surface area contributed by atoms with Crippen molar-refractivity contribution in [1.82, 2.24) is 10.2 Å². The van der Waals surface area contributed by atoms with Gasteiger partial charge in [-0.25, -0.2) is 0 Å². The summed E-state index contributed by atoms with van der Waals surface area (Å²) in [4.78, 5) is 13.6. The first kappa shape index (κ1) is 11.5. The molecule has 14 heavy (non-hydrogen) atoms. The van der Waals surface area contributed by atoms with E-state index in [1.54, 1.807) is 4.90 Å². The van der Waals surface area contributed by atoms with Gasteiger partial charge in [-0.3, -0.25) is 4.79 Å². The van der Waals surface area contributed by atoms with Gasteiger partial charge in [0.1, 0.15) is 0 Å². The Morgan fingerprint density at radius 1 is 1.64 bits per heavy atom. The van der Waals surface area contributed by atoms with E-state index < -0.39 is 0 Å². The molecule has 1 aliphatic heterocycles. The van der Waals surface area contributed by atoms with Gasteiger partial charge in [-0.05, 0) is 25.9 Å². The minimum absolute atomic E-state index is 0.0508. The van der Waals surface area contributed by atoms with Crippen molar-refractivity contribution in [1.29, 1.82) is 0 Å². The molecule has 4 heteroatoms. The third kappa shape index (κ3) is 2.45. The summed E-state index contributed by atoms with van der Waals surface area (Å²) in [5, 5.41) is 12.0. The standard InChI is InChI=1S/C10H20N2O2/c1-3-12(4-5-13)10(14)8(2)9-6-11-7-9/h8-9,11,13H,3-7H2,1-2H3. The number of rotatable bonds is 5. The van der Waals surface area contributed by atoms with Gasteiger partial charge in [0.25, 0.3) is 0 Å². The van der Waals surface area contributed by atoms with Crippen molar-refractivity contribution in [2.24, 2.45) is 11.8 Å². The number of carbonyl (C=O) groups is 1. The molecule has 1 aliphatic rings. The number of aliphatic hydroxyl groups excluding tert-OH is 1. The molecular formula is C10H20N2O2. The zero-order valence-corrected chi connectivity index (χ0v) is 8.99. The van der Waals surface area contributed by atoms with E-state index in [2.05, 4.69) is 5.32 Å². The normalized spacial score (nSPS) is 18.8. The van der Waals surface area contributed by atoms with Gasteiger partial charge < -0.3 is 15.3 Å². The fourth-order valence-electron chi connectivity index (χ4n) is 1.70. The number of amides is 1. The second-order valence-electron chi connectivity index (χ2n) is 3.85. The number of hydrogen-bond acceptors (Lipinski definition) is 3. The second-order valence-corrected chi connectivity index (χ2v) is 3.85. The Hall–Kier alpha value is -0.610. The van der Waals surface area contributed by atoms with Crippen LogP contribution in [0.25, 0.3) is 0 Å². The number of likely N-dealkylation sites (N-methyl/N-ethyl adjacent to an activating group) is 1. The Morgan fingerprint density at radius 3 is 2.64 bits per heavy atom. The van der Waals surface area contributed by atoms with Crippen molar-refractivity contribution in [2.75, 3.05) is 32.8 Å². The first-order chi connectivity index (χ1) is 6.70. The van der Waals surface area contributed by atoms with Crippen molar-refractivity contribution in [3.8, 4) is 0 Å². The van der Waals surface area contributed by atoms with Crippen LogP contribution in [0.3, 0.4) is 0 Å². The van der Waals surface area contributed by atoms with E-state index in [-0.39, 0.29) is 18.4 Å². The van der Waals surface area contributed by atoms with Crippen LogP contribution in [0.2, 0.25) is 0 Å². The zero-order chi connectivity index (χ0) is 10.6. The summed E-state index contributed by atoms with van der Waals surface area (Å²) >= 11 is 0. The molecule has 1 heterocycles. The molecular weight excluding hydrogens is 180 g/mol. The molecule has 0 radical (unpaired) electrons. The Morgan fingerprint density at radius 2 is 2.29 bits per heavy atom. The van der Waals surface area contributed by atoms with Crippen LogP contribution < -0.4 is 5.32 Å². The molecule has 0 saturated carbocycles. The first-order valence-corrected chi connectivity index (χ1v) is 5.31. The summed E-state index contributed by atoms with van der Waals surface area (Å²) in [5.41, 5.74) is 0. The first-order valence-electron chi connectivity index (χ1n) is 5.31. The number of aliphatic hydroxyl groups is 1. The van der Waals surface area contributed by atoms with E-state index in [9.17, 15) is 4.79 Å².